The number of rotatable bonds is 12. The summed E-state index contributed by atoms with van der Waals surface area (Å²) in [6.45, 7) is 6.80. The lowest BCUT2D eigenvalue weighted by atomic mass is 10.1. The average molecular weight is 443 g/mol. The summed E-state index contributed by atoms with van der Waals surface area (Å²) >= 11 is 0. The lowest BCUT2D eigenvalue weighted by Gasteiger charge is -2.14. The Morgan fingerprint density at radius 3 is 2.56 bits per heavy atom. The van der Waals surface area contributed by atoms with Crippen LogP contribution >= 0.6 is 0 Å². The fourth-order valence-corrected chi connectivity index (χ4v) is 3.61. The molecule has 0 amide bonds. The highest BCUT2D eigenvalue weighted by molar-refractivity contribution is 5.76. The second kappa shape index (κ2) is 10.9. The summed E-state index contributed by atoms with van der Waals surface area (Å²) in [5.41, 5.74) is 2.59. The first-order valence-electron chi connectivity index (χ1n) is 11.0. The molecule has 0 unspecified atom stereocenters. The van der Waals surface area contributed by atoms with E-state index in [-0.39, 0.29) is 12.0 Å². The molecule has 2 aromatic heterocycles. The Labute approximate surface area is 186 Å². The zero-order valence-electron chi connectivity index (χ0n) is 18.8. The van der Waals surface area contributed by atoms with E-state index in [4.69, 9.17) is 9.47 Å². The van der Waals surface area contributed by atoms with Crippen LogP contribution in [-0.2, 0) is 35.3 Å². The summed E-state index contributed by atoms with van der Waals surface area (Å²) in [4.78, 5) is 28.9. The maximum atomic E-state index is 12.9. The molecule has 9 heteroatoms. The Kier molecular flexibility index (Phi) is 7.99. The Hall–Kier alpha value is -3.20. The van der Waals surface area contributed by atoms with Crippen molar-refractivity contribution in [2.45, 2.75) is 59.1 Å². The molecule has 0 radical (unpaired) electrons. The van der Waals surface area contributed by atoms with Crippen LogP contribution in [0.4, 0.5) is 0 Å². The van der Waals surface area contributed by atoms with Crippen molar-refractivity contribution in [3.8, 4) is 5.75 Å². The largest absolute Gasteiger partial charge is 0.492 e. The van der Waals surface area contributed by atoms with Crippen LogP contribution in [0.2, 0.25) is 0 Å². The van der Waals surface area contributed by atoms with Gasteiger partial charge in [-0.2, -0.15) is 5.10 Å². The zero-order chi connectivity index (χ0) is 23.1. The fourth-order valence-electron chi connectivity index (χ4n) is 3.61. The molecule has 1 aromatic carbocycles. The first kappa shape index (κ1) is 23.5. The molecule has 2 N–H and O–H groups in total. The molecule has 0 aliphatic rings. The molecule has 3 rings (SSSR count). The van der Waals surface area contributed by atoms with Gasteiger partial charge < -0.3 is 14.6 Å². The number of hydrogen-bond donors (Lipinski definition) is 2. The molecular weight excluding hydrogens is 412 g/mol. The van der Waals surface area contributed by atoms with Crippen LogP contribution in [0.15, 0.2) is 29.1 Å². The smallest absolute Gasteiger partial charge is 0.333 e. The summed E-state index contributed by atoms with van der Waals surface area (Å²) in [6, 6.07) is 7.22. The number of aromatic amines is 1. The number of carboxylic acids is 1. The van der Waals surface area contributed by atoms with E-state index < -0.39 is 12.1 Å². The first-order valence-corrected chi connectivity index (χ1v) is 11.0. The predicted octanol–water partition coefficient (Wildman–Crippen LogP) is 2.75. The number of fused-ring (bicyclic) bond motifs is 1. The van der Waals surface area contributed by atoms with Gasteiger partial charge in [0.05, 0.1) is 12.2 Å². The van der Waals surface area contributed by atoms with Crippen LogP contribution < -0.4 is 10.3 Å². The monoisotopic (exact) mass is 442 g/mol. The quantitative estimate of drug-likeness (QED) is 0.443. The van der Waals surface area contributed by atoms with E-state index in [1.807, 2.05) is 19.1 Å². The second-order valence-corrected chi connectivity index (χ2v) is 7.47. The molecule has 0 bridgehead atoms. The molecule has 1 atom stereocenters. The topological polar surface area (TPSA) is 119 Å². The summed E-state index contributed by atoms with van der Waals surface area (Å²) in [5, 5.41) is 16.3. The van der Waals surface area contributed by atoms with Crippen LogP contribution in [0.3, 0.4) is 0 Å². The number of H-pyrrole nitrogens is 1. The molecule has 0 aliphatic heterocycles. The van der Waals surface area contributed by atoms with E-state index in [0.717, 1.165) is 24.1 Å². The summed E-state index contributed by atoms with van der Waals surface area (Å²) in [5.74, 6) is 0.367. The van der Waals surface area contributed by atoms with Gasteiger partial charge in [-0.05, 0) is 31.0 Å². The lowest BCUT2D eigenvalue weighted by molar-refractivity contribution is -0.149. The molecule has 172 valence electrons. The minimum Gasteiger partial charge on any atom is -0.492 e. The van der Waals surface area contributed by atoms with Gasteiger partial charge in [0.25, 0.3) is 5.56 Å². The molecule has 0 spiro atoms. The van der Waals surface area contributed by atoms with Gasteiger partial charge in [0.15, 0.2) is 11.6 Å². The zero-order valence-corrected chi connectivity index (χ0v) is 18.8. The third-order valence-corrected chi connectivity index (χ3v) is 5.20. The average Bonchev–Trinajstić information content (AvgIpc) is 3.19. The molecule has 3 aromatic rings. The molecule has 32 heavy (non-hydrogen) atoms. The molecule has 0 saturated heterocycles. The van der Waals surface area contributed by atoms with Gasteiger partial charge in [-0.3, -0.25) is 14.5 Å². The highest BCUT2D eigenvalue weighted by Crippen LogP contribution is 2.16. The normalized spacial score (nSPS) is 12.2. The lowest BCUT2D eigenvalue weighted by Crippen LogP contribution is -2.27. The SMILES string of the molecule is CCCc1[nH]nc2c(=O)n(CCOc3ccc(C[C@H](OCC)C(=O)O)cc3)c(CC)nc12. The predicted molar refractivity (Wildman–Crippen MR) is 120 cm³/mol. The van der Waals surface area contributed by atoms with Crippen molar-refractivity contribution in [2.75, 3.05) is 13.2 Å². The van der Waals surface area contributed by atoms with Crippen molar-refractivity contribution in [3.05, 3.63) is 51.7 Å². The number of benzene rings is 1. The third kappa shape index (κ3) is 5.34. The second-order valence-electron chi connectivity index (χ2n) is 7.47. The maximum Gasteiger partial charge on any atom is 0.333 e. The van der Waals surface area contributed by atoms with Gasteiger partial charge in [0, 0.05) is 19.4 Å². The van der Waals surface area contributed by atoms with E-state index >= 15 is 0 Å². The summed E-state index contributed by atoms with van der Waals surface area (Å²) in [7, 11) is 0. The number of aryl methyl sites for hydroxylation is 2. The molecular formula is C23H30N4O5. The summed E-state index contributed by atoms with van der Waals surface area (Å²) in [6.07, 6.45) is 1.79. The standard InChI is InChI=1S/C23H30N4O5/c1-4-7-17-20-21(26-25-17)22(28)27(19(5-2)24-20)12-13-32-16-10-8-15(9-11-16)14-18(23(29)30)31-6-3/h8-11,18H,4-7,12-14H2,1-3H3,(H,25,26)(H,29,30)/t18-/m0/s1. The van der Waals surface area contributed by atoms with Crippen molar-refractivity contribution in [2.24, 2.45) is 0 Å². The van der Waals surface area contributed by atoms with E-state index in [0.29, 0.717) is 48.8 Å². The van der Waals surface area contributed by atoms with Crippen LogP contribution in [0.5, 0.6) is 5.75 Å². The van der Waals surface area contributed by atoms with Gasteiger partial charge >= 0.3 is 5.97 Å². The van der Waals surface area contributed by atoms with Crippen LogP contribution in [0, 0.1) is 0 Å². The highest BCUT2D eigenvalue weighted by atomic mass is 16.5. The number of nitrogens with zero attached hydrogens (tertiary/aromatic N) is 3. The molecule has 0 fully saturated rings. The summed E-state index contributed by atoms with van der Waals surface area (Å²) < 4.78 is 12.7. The van der Waals surface area contributed by atoms with Crippen molar-refractivity contribution in [3.63, 3.8) is 0 Å². The van der Waals surface area contributed by atoms with E-state index in [9.17, 15) is 14.7 Å². The Bertz CT molecular complexity index is 1100. The van der Waals surface area contributed by atoms with Crippen molar-refractivity contribution in [1.82, 2.24) is 19.7 Å². The first-order chi connectivity index (χ1) is 15.5. The number of nitrogens with one attached hydrogen (secondary N) is 1. The van der Waals surface area contributed by atoms with E-state index in [2.05, 4.69) is 22.1 Å². The van der Waals surface area contributed by atoms with Crippen LogP contribution in [0.25, 0.3) is 11.0 Å². The van der Waals surface area contributed by atoms with Gasteiger partial charge in [-0.25, -0.2) is 9.78 Å². The van der Waals surface area contributed by atoms with Crippen LogP contribution in [-0.4, -0.2) is 50.1 Å². The van der Waals surface area contributed by atoms with Gasteiger partial charge in [0.1, 0.15) is 23.7 Å². The number of hydrogen-bond acceptors (Lipinski definition) is 6. The van der Waals surface area contributed by atoms with Gasteiger partial charge in [-0.15, -0.1) is 0 Å². The number of ether oxygens (including phenoxy) is 2. The third-order valence-electron chi connectivity index (χ3n) is 5.20. The Morgan fingerprint density at radius 1 is 1.19 bits per heavy atom. The molecule has 9 nitrogen and oxygen atoms in total. The van der Waals surface area contributed by atoms with Gasteiger partial charge in [0.2, 0.25) is 0 Å². The maximum absolute atomic E-state index is 12.9. The number of aromatic nitrogens is 4. The molecule has 0 aliphatic carbocycles. The van der Waals surface area contributed by atoms with Crippen molar-refractivity contribution in [1.29, 1.82) is 0 Å². The van der Waals surface area contributed by atoms with Crippen LogP contribution in [0.1, 0.15) is 44.3 Å². The van der Waals surface area contributed by atoms with E-state index in [1.54, 1.807) is 23.6 Å². The molecule has 0 saturated carbocycles. The number of carboxylic acid groups (broad SMARTS) is 1. The Morgan fingerprint density at radius 2 is 1.94 bits per heavy atom. The van der Waals surface area contributed by atoms with E-state index in [1.165, 1.54) is 0 Å². The number of carbonyl (C=O) groups is 1. The minimum absolute atomic E-state index is 0.167. The minimum atomic E-state index is -0.978. The fraction of sp³-hybridized carbons (Fsp3) is 0.478. The molecule has 2 heterocycles. The Balaban J connectivity index is 1.66. The van der Waals surface area contributed by atoms with Crippen molar-refractivity contribution < 1.29 is 19.4 Å². The van der Waals surface area contributed by atoms with Gasteiger partial charge in [-0.1, -0.05) is 32.4 Å². The van der Waals surface area contributed by atoms with Crippen molar-refractivity contribution >= 4 is 17.0 Å². The number of aliphatic carboxylic acids is 1. The highest BCUT2D eigenvalue weighted by Gasteiger charge is 2.18.